The summed E-state index contributed by atoms with van der Waals surface area (Å²) in [5.41, 5.74) is 1.38. The minimum absolute atomic E-state index is 0.231. The zero-order chi connectivity index (χ0) is 13.9. The van der Waals surface area contributed by atoms with Crippen LogP contribution in [-0.4, -0.2) is 5.78 Å². The van der Waals surface area contributed by atoms with Crippen LogP contribution in [0.5, 0.6) is 0 Å². The standard InChI is InChI=1S/C18H22O/c1-18(2,3)12-11-16(19)13-15-9-6-8-14-7-4-5-10-17(14)15/h4-10H,11-13H2,1-3H3. The van der Waals surface area contributed by atoms with Crippen LogP contribution in [0.3, 0.4) is 0 Å². The van der Waals surface area contributed by atoms with Gasteiger partial charge >= 0.3 is 0 Å². The predicted octanol–water partition coefficient (Wildman–Crippen LogP) is 4.78. The van der Waals surface area contributed by atoms with Crippen LogP contribution in [0.2, 0.25) is 0 Å². The van der Waals surface area contributed by atoms with E-state index in [-0.39, 0.29) is 5.41 Å². The van der Waals surface area contributed by atoms with E-state index in [4.69, 9.17) is 0 Å². The van der Waals surface area contributed by atoms with Crippen LogP contribution in [-0.2, 0) is 11.2 Å². The molecule has 0 N–H and O–H groups in total. The third-order valence-electron chi connectivity index (χ3n) is 3.42. The fraction of sp³-hybridized carbons (Fsp3) is 0.389. The zero-order valence-electron chi connectivity index (χ0n) is 12.1. The van der Waals surface area contributed by atoms with Gasteiger partial charge in [0.05, 0.1) is 0 Å². The Morgan fingerprint density at radius 1 is 1.00 bits per heavy atom. The van der Waals surface area contributed by atoms with Crippen molar-refractivity contribution in [2.24, 2.45) is 5.41 Å². The normalized spacial score (nSPS) is 11.7. The Bertz CT molecular complexity index is 570. The Kier molecular flexibility index (Phi) is 4.04. The van der Waals surface area contributed by atoms with E-state index in [1.807, 2.05) is 18.2 Å². The summed E-state index contributed by atoms with van der Waals surface area (Å²) in [6, 6.07) is 14.5. The maximum atomic E-state index is 12.1. The molecule has 19 heavy (non-hydrogen) atoms. The molecule has 0 aliphatic carbocycles. The van der Waals surface area contributed by atoms with E-state index in [0.29, 0.717) is 18.6 Å². The maximum Gasteiger partial charge on any atom is 0.137 e. The van der Waals surface area contributed by atoms with Crippen molar-refractivity contribution >= 4 is 16.6 Å². The van der Waals surface area contributed by atoms with Crippen LogP contribution >= 0.6 is 0 Å². The van der Waals surface area contributed by atoms with Gasteiger partial charge in [-0.1, -0.05) is 63.2 Å². The van der Waals surface area contributed by atoms with Gasteiger partial charge in [-0.25, -0.2) is 0 Å². The minimum Gasteiger partial charge on any atom is -0.299 e. The molecule has 2 rings (SSSR count). The molecular weight excluding hydrogens is 232 g/mol. The van der Waals surface area contributed by atoms with Crippen LogP contribution in [0, 0.1) is 5.41 Å². The zero-order valence-corrected chi connectivity index (χ0v) is 12.1. The van der Waals surface area contributed by atoms with Crippen molar-refractivity contribution < 1.29 is 4.79 Å². The molecule has 1 heteroatoms. The van der Waals surface area contributed by atoms with Gasteiger partial charge in [0.15, 0.2) is 0 Å². The lowest BCUT2D eigenvalue weighted by atomic mass is 9.88. The van der Waals surface area contributed by atoms with Gasteiger partial charge < -0.3 is 0 Å². The molecule has 0 atom stereocenters. The molecule has 2 aromatic rings. The molecule has 0 bridgehead atoms. The number of fused-ring (bicyclic) bond motifs is 1. The highest BCUT2D eigenvalue weighted by Crippen LogP contribution is 2.23. The van der Waals surface area contributed by atoms with Gasteiger partial charge in [0.2, 0.25) is 0 Å². The van der Waals surface area contributed by atoms with E-state index in [0.717, 1.165) is 12.0 Å². The van der Waals surface area contributed by atoms with Gasteiger partial charge in [0.1, 0.15) is 5.78 Å². The van der Waals surface area contributed by atoms with Gasteiger partial charge in [0, 0.05) is 12.8 Å². The Morgan fingerprint density at radius 3 is 2.42 bits per heavy atom. The van der Waals surface area contributed by atoms with Crippen molar-refractivity contribution in [3.8, 4) is 0 Å². The number of carbonyl (C=O) groups is 1. The molecule has 0 fully saturated rings. The summed E-state index contributed by atoms with van der Waals surface area (Å²) in [6.07, 6.45) is 2.18. The quantitative estimate of drug-likeness (QED) is 0.767. The van der Waals surface area contributed by atoms with E-state index in [1.165, 1.54) is 10.8 Å². The second kappa shape index (κ2) is 5.56. The maximum absolute atomic E-state index is 12.1. The van der Waals surface area contributed by atoms with Crippen LogP contribution in [0.15, 0.2) is 42.5 Å². The summed E-state index contributed by atoms with van der Waals surface area (Å²) in [5, 5.41) is 2.41. The molecule has 0 saturated heterocycles. The van der Waals surface area contributed by atoms with E-state index < -0.39 is 0 Å². The molecule has 0 radical (unpaired) electrons. The highest BCUT2D eigenvalue weighted by atomic mass is 16.1. The number of benzene rings is 2. The van der Waals surface area contributed by atoms with Crippen molar-refractivity contribution in [1.82, 2.24) is 0 Å². The van der Waals surface area contributed by atoms with Crippen molar-refractivity contribution in [3.63, 3.8) is 0 Å². The Balaban J connectivity index is 2.11. The lowest BCUT2D eigenvalue weighted by Gasteiger charge is -2.17. The highest BCUT2D eigenvalue weighted by molar-refractivity contribution is 5.90. The summed E-state index contributed by atoms with van der Waals surface area (Å²) < 4.78 is 0. The van der Waals surface area contributed by atoms with Gasteiger partial charge in [-0.2, -0.15) is 0 Å². The van der Waals surface area contributed by atoms with Crippen LogP contribution in [0.1, 0.15) is 39.2 Å². The van der Waals surface area contributed by atoms with E-state index in [1.54, 1.807) is 0 Å². The van der Waals surface area contributed by atoms with E-state index in [2.05, 4.69) is 45.0 Å². The number of rotatable bonds is 4. The SMILES string of the molecule is CC(C)(C)CCC(=O)Cc1cccc2ccccc12. The molecular formula is C18H22O. The summed E-state index contributed by atoms with van der Waals surface area (Å²) in [6.45, 7) is 6.54. The lowest BCUT2D eigenvalue weighted by Crippen LogP contribution is -2.10. The molecule has 1 nitrogen and oxygen atoms in total. The topological polar surface area (TPSA) is 17.1 Å². The lowest BCUT2D eigenvalue weighted by molar-refractivity contribution is -0.118. The molecule has 2 aromatic carbocycles. The Labute approximate surface area is 115 Å². The number of ketones is 1. The first-order valence-corrected chi connectivity index (χ1v) is 6.94. The number of carbonyl (C=O) groups excluding carboxylic acids is 1. The molecule has 0 aliphatic rings. The van der Waals surface area contributed by atoms with Crippen LogP contribution in [0.25, 0.3) is 10.8 Å². The average Bonchev–Trinajstić information content (AvgIpc) is 2.36. The smallest absolute Gasteiger partial charge is 0.137 e. The Morgan fingerprint density at radius 2 is 1.68 bits per heavy atom. The second-order valence-electron chi connectivity index (χ2n) is 6.41. The monoisotopic (exact) mass is 254 g/mol. The van der Waals surface area contributed by atoms with E-state index >= 15 is 0 Å². The Hall–Kier alpha value is -1.63. The molecule has 0 saturated carbocycles. The first-order chi connectivity index (χ1) is 8.96. The molecule has 0 heterocycles. The van der Waals surface area contributed by atoms with Crippen molar-refractivity contribution in [3.05, 3.63) is 48.0 Å². The number of Topliss-reactive ketones (excluding diaryl/α,β-unsaturated/α-hetero) is 1. The van der Waals surface area contributed by atoms with Gasteiger partial charge in [0.25, 0.3) is 0 Å². The summed E-state index contributed by atoms with van der Waals surface area (Å²) >= 11 is 0. The van der Waals surface area contributed by atoms with Gasteiger partial charge in [-0.15, -0.1) is 0 Å². The number of hydrogen-bond acceptors (Lipinski definition) is 1. The first-order valence-electron chi connectivity index (χ1n) is 6.94. The summed E-state index contributed by atoms with van der Waals surface area (Å²) in [4.78, 5) is 12.1. The second-order valence-corrected chi connectivity index (χ2v) is 6.41. The molecule has 0 aliphatic heterocycles. The fourth-order valence-electron chi connectivity index (χ4n) is 2.26. The van der Waals surface area contributed by atoms with Crippen molar-refractivity contribution in [2.75, 3.05) is 0 Å². The summed E-state index contributed by atoms with van der Waals surface area (Å²) in [5.74, 6) is 0.339. The molecule has 0 unspecified atom stereocenters. The van der Waals surface area contributed by atoms with Crippen molar-refractivity contribution in [2.45, 2.75) is 40.0 Å². The van der Waals surface area contributed by atoms with Crippen molar-refractivity contribution in [1.29, 1.82) is 0 Å². The molecule has 0 spiro atoms. The third-order valence-corrected chi connectivity index (χ3v) is 3.42. The van der Waals surface area contributed by atoms with Gasteiger partial charge in [-0.3, -0.25) is 4.79 Å². The first kappa shape index (κ1) is 13.8. The molecule has 0 aromatic heterocycles. The van der Waals surface area contributed by atoms with Crippen LogP contribution in [0.4, 0.5) is 0 Å². The van der Waals surface area contributed by atoms with Crippen LogP contribution < -0.4 is 0 Å². The molecule has 0 amide bonds. The third kappa shape index (κ3) is 3.92. The van der Waals surface area contributed by atoms with E-state index in [9.17, 15) is 4.79 Å². The minimum atomic E-state index is 0.231. The largest absolute Gasteiger partial charge is 0.299 e. The fourth-order valence-corrected chi connectivity index (χ4v) is 2.26. The summed E-state index contributed by atoms with van der Waals surface area (Å²) in [7, 11) is 0. The van der Waals surface area contributed by atoms with Gasteiger partial charge in [-0.05, 0) is 28.2 Å². The predicted molar refractivity (Wildman–Crippen MR) is 81.3 cm³/mol. The number of hydrogen-bond donors (Lipinski definition) is 0. The molecule has 100 valence electrons. The highest BCUT2D eigenvalue weighted by Gasteiger charge is 2.13. The average molecular weight is 254 g/mol.